The van der Waals surface area contributed by atoms with Gasteiger partial charge >= 0.3 is 11.7 Å². The number of aromatic hydroxyl groups is 1. The number of unbranched alkanes of at least 4 members (excludes halogenated alkanes) is 1. The number of hydrogen-bond donors (Lipinski definition) is 2. The van der Waals surface area contributed by atoms with E-state index in [1.807, 2.05) is 6.92 Å². The average molecular weight is 545 g/mol. The van der Waals surface area contributed by atoms with Crippen LogP contribution in [0.25, 0.3) is 6.08 Å². The molecule has 9 nitrogen and oxygen atoms in total. The Bertz CT molecular complexity index is 1380. The van der Waals surface area contributed by atoms with Crippen LogP contribution in [-0.2, 0) is 4.74 Å². The van der Waals surface area contributed by atoms with Gasteiger partial charge in [-0.2, -0.15) is 0 Å². The molecule has 2 aromatic heterocycles. The van der Waals surface area contributed by atoms with E-state index < -0.39 is 28.8 Å². The Morgan fingerprint density at radius 1 is 1.26 bits per heavy atom. The summed E-state index contributed by atoms with van der Waals surface area (Å²) in [5, 5.41) is 13.4. The highest BCUT2D eigenvalue weighted by Crippen LogP contribution is 2.32. The van der Waals surface area contributed by atoms with Gasteiger partial charge in [-0.15, -0.1) is 0 Å². The van der Waals surface area contributed by atoms with Crippen LogP contribution in [0, 0.1) is 12.7 Å². The van der Waals surface area contributed by atoms with Crippen LogP contribution in [0.3, 0.4) is 0 Å². The zero-order chi connectivity index (χ0) is 27.8. The minimum absolute atomic E-state index is 0.188. The summed E-state index contributed by atoms with van der Waals surface area (Å²) in [7, 11) is 1.29. The molecule has 1 aromatic carbocycles. The monoisotopic (exact) mass is 544 g/mol. The van der Waals surface area contributed by atoms with Crippen LogP contribution in [0.2, 0.25) is 0 Å². The second-order valence-electron chi connectivity index (χ2n) is 8.65. The number of nitrogens with zero attached hydrogens (tertiary/aromatic N) is 1. The van der Waals surface area contributed by atoms with Gasteiger partial charge in [0.15, 0.2) is 5.78 Å². The second-order valence-corrected chi connectivity index (χ2v) is 9.65. The molecule has 0 radical (unpaired) electrons. The number of aromatic nitrogens is 1. The third-order valence-corrected chi connectivity index (χ3v) is 6.70. The molecule has 0 saturated carbocycles. The Labute approximate surface area is 222 Å². The largest absolute Gasteiger partial charge is 0.507 e. The number of ketones is 1. The normalized spacial score (nSPS) is 12.2. The maximum absolute atomic E-state index is 13.1. The minimum Gasteiger partial charge on any atom is -0.507 e. The fourth-order valence-electron chi connectivity index (χ4n) is 3.55. The molecule has 0 aliphatic carbocycles. The van der Waals surface area contributed by atoms with Gasteiger partial charge in [0.05, 0.1) is 17.7 Å². The molecule has 0 spiro atoms. The zero-order valence-electron chi connectivity index (χ0n) is 21.5. The Hall–Kier alpha value is -3.99. The van der Waals surface area contributed by atoms with Gasteiger partial charge in [-0.25, -0.2) is 19.0 Å². The molecule has 0 fully saturated rings. The Morgan fingerprint density at radius 2 is 1.97 bits per heavy atom. The fourth-order valence-corrected chi connectivity index (χ4v) is 4.49. The number of Topliss-reactive ketones (excluding diaryl/α,β-unsaturated/α-hetero) is 1. The fraction of sp³-hybridized carbons (Fsp3) is 0.333. The van der Waals surface area contributed by atoms with E-state index >= 15 is 0 Å². The maximum Gasteiger partial charge on any atom is 0.406 e. The average Bonchev–Trinajstić information content (AvgIpc) is 3.22. The summed E-state index contributed by atoms with van der Waals surface area (Å²) in [6.45, 7) is 5.56. The van der Waals surface area contributed by atoms with Crippen LogP contribution in [0.15, 0.2) is 45.1 Å². The van der Waals surface area contributed by atoms with Gasteiger partial charge in [0.1, 0.15) is 28.6 Å². The Morgan fingerprint density at radius 3 is 2.63 bits per heavy atom. The molecule has 2 heterocycles. The van der Waals surface area contributed by atoms with E-state index in [1.54, 1.807) is 13.0 Å². The molecular weight excluding hydrogens is 515 g/mol. The van der Waals surface area contributed by atoms with Crippen LogP contribution >= 0.6 is 11.3 Å². The molecule has 2 N–H and O–H groups in total. The number of alkyl carbamates (subject to hydrolysis) is 1. The van der Waals surface area contributed by atoms with Crippen LogP contribution in [0.1, 0.15) is 65.7 Å². The van der Waals surface area contributed by atoms with Gasteiger partial charge < -0.3 is 24.3 Å². The number of aryl methyl sites for hydroxylation is 1. The molecule has 11 heteroatoms. The predicted molar refractivity (Wildman–Crippen MR) is 141 cm³/mol. The number of rotatable bonds is 11. The third-order valence-electron chi connectivity index (χ3n) is 5.72. The van der Waals surface area contributed by atoms with Crippen molar-refractivity contribution in [1.82, 2.24) is 10.3 Å². The number of allylic oxidation sites excluding steroid dienone is 1. The van der Waals surface area contributed by atoms with Gasteiger partial charge in [0.2, 0.25) is 0 Å². The van der Waals surface area contributed by atoms with E-state index in [9.17, 15) is 23.9 Å². The molecule has 1 unspecified atom stereocenters. The Balaban J connectivity index is 1.68. The topological polar surface area (TPSA) is 128 Å². The van der Waals surface area contributed by atoms with Gasteiger partial charge in [-0.3, -0.25) is 4.79 Å². The van der Waals surface area contributed by atoms with Crippen LogP contribution in [-0.4, -0.2) is 35.6 Å². The molecule has 3 rings (SSSR count). The highest BCUT2D eigenvalue weighted by Gasteiger charge is 2.23. The lowest BCUT2D eigenvalue weighted by atomic mass is 9.99. The number of ether oxygens (including phenoxy) is 2. The minimum atomic E-state index is -0.918. The van der Waals surface area contributed by atoms with Crippen molar-refractivity contribution in [2.75, 3.05) is 13.7 Å². The summed E-state index contributed by atoms with van der Waals surface area (Å²) in [5.74, 6) is -1.00. The van der Waals surface area contributed by atoms with E-state index in [2.05, 4.69) is 15.0 Å². The molecule has 0 bridgehead atoms. The summed E-state index contributed by atoms with van der Waals surface area (Å²) < 4.78 is 28.6. The number of halogens is 1. The number of carbonyl (C=O) groups excluding carboxylic acids is 2. The quantitative estimate of drug-likeness (QED) is 0.172. The lowest BCUT2D eigenvalue weighted by Crippen LogP contribution is -2.23. The number of methoxy groups -OCH3 is 1. The predicted octanol–water partition coefficient (Wildman–Crippen LogP) is 5.96. The lowest BCUT2D eigenvalue weighted by molar-refractivity contribution is 0.102. The summed E-state index contributed by atoms with van der Waals surface area (Å²) in [4.78, 5) is 41.7. The molecule has 1 atom stereocenters. The van der Waals surface area contributed by atoms with Crippen molar-refractivity contribution < 1.29 is 33.0 Å². The summed E-state index contributed by atoms with van der Waals surface area (Å²) in [6, 6.07) is 6.80. The van der Waals surface area contributed by atoms with Gasteiger partial charge in [-0.05, 0) is 62.6 Å². The van der Waals surface area contributed by atoms with E-state index in [0.29, 0.717) is 40.9 Å². The molecule has 202 valence electrons. The standard InChI is InChI=1S/C27H29FN2O7S/c1-15(7-5-6-12-29-26(34)35-4)21-14-20(31)23(25(33)37-21)24(32)16(2)13-22-17(3)30-27(38-22)36-19-10-8-18(28)9-11-19/h8-11,13-15,31H,5-7,12H2,1-4H3,(H,29,34)/b16-13+. The van der Waals surface area contributed by atoms with Gasteiger partial charge in [0.25, 0.3) is 5.19 Å². The highest BCUT2D eigenvalue weighted by molar-refractivity contribution is 7.14. The number of nitrogens with one attached hydrogen (secondary N) is 1. The van der Waals surface area contributed by atoms with Gasteiger partial charge in [-0.1, -0.05) is 24.7 Å². The van der Waals surface area contributed by atoms with E-state index in [-0.39, 0.29) is 23.1 Å². The summed E-state index contributed by atoms with van der Waals surface area (Å²) in [5.41, 5.74) is -0.562. The molecule has 0 saturated heterocycles. The van der Waals surface area contributed by atoms with Crippen molar-refractivity contribution in [3.63, 3.8) is 0 Å². The van der Waals surface area contributed by atoms with Crippen molar-refractivity contribution >= 4 is 29.3 Å². The summed E-state index contributed by atoms with van der Waals surface area (Å²) >= 11 is 1.18. The zero-order valence-corrected chi connectivity index (χ0v) is 22.3. The SMILES string of the molecule is COC(=O)NCCCCC(C)c1cc(O)c(C(=O)/C(C)=C/c2sc(Oc3ccc(F)cc3)nc2C)c(=O)o1. The van der Waals surface area contributed by atoms with Crippen molar-refractivity contribution in [3.05, 3.63) is 74.0 Å². The first-order chi connectivity index (χ1) is 18.1. The van der Waals surface area contributed by atoms with Gasteiger partial charge in [0, 0.05) is 18.5 Å². The van der Waals surface area contributed by atoms with Crippen molar-refractivity contribution in [1.29, 1.82) is 0 Å². The maximum atomic E-state index is 13.1. The van der Waals surface area contributed by atoms with Crippen molar-refractivity contribution in [2.24, 2.45) is 0 Å². The van der Waals surface area contributed by atoms with Crippen LogP contribution < -0.4 is 15.7 Å². The first-order valence-electron chi connectivity index (χ1n) is 11.9. The van der Waals surface area contributed by atoms with Crippen molar-refractivity contribution in [3.8, 4) is 16.7 Å². The first kappa shape index (κ1) is 28.6. The van der Waals surface area contributed by atoms with E-state index in [4.69, 9.17) is 9.15 Å². The number of benzene rings is 1. The first-order valence-corrected chi connectivity index (χ1v) is 12.7. The van der Waals surface area contributed by atoms with Crippen molar-refractivity contribution in [2.45, 2.75) is 46.0 Å². The van der Waals surface area contributed by atoms with E-state index in [0.717, 1.165) is 6.42 Å². The number of carbonyl (C=O) groups is 2. The number of hydrogen-bond acceptors (Lipinski definition) is 9. The van der Waals surface area contributed by atoms with E-state index in [1.165, 1.54) is 55.7 Å². The molecule has 38 heavy (non-hydrogen) atoms. The summed E-state index contributed by atoms with van der Waals surface area (Å²) in [6.07, 6.45) is 3.14. The molecular formula is C27H29FN2O7S. The highest BCUT2D eigenvalue weighted by atomic mass is 32.1. The molecule has 1 amide bonds. The number of amides is 1. The number of thiazole rings is 1. The lowest BCUT2D eigenvalue weighted by Gasteiger charge is -2.12. The molecule has 0 aliphatic heterocycles. The van der Waals surface area contributed by atoms with Crippen LogP contribution in [0.4, 0.5) is 9.18 Å². The smallest absolute Gasteiger partial charge is 0.406 e. The Kier molecular flexibility index (Phi) is 9.78. The second kappa shape index (κ2) is 13.0. The molecule has 3 aromatic rings. The van der Waals surface area contributed by atoms with Crippen LogP contribution in [0.5, 0.6) is 16.7 Å². The third kappa shape index (κ3) is 7.51. The molecule has 0 aliphatic rings.